The highest BCUT2D eigenvalue weighted by atomic mass is 31.2. The zero-order chi connectivity index (χ0) is 28.5. The molecule has 0 saturated carbocycles. The summed E-state index contributed by atoms with van der Waals surface area (Å²) in [7, 11) is -5.46. The molecule has 3 rings (SSSR count). The normalized spacial score (nSPS) is 48.7. The molecule has 12 N–H and O–H groups in total. The number of rotatable bonds is 9. The third kappa shape index (κ3) is 6.52. The molecule has 0 aliphatic carbocycles. The molecule has 3 aliphatic heterocycles. The van der Waals surface area contributed by atoms with Gasteiger partial charge in [-0.2, -0.15) is 0 Å². The Morgan fingerprint density at radius 2 is 0.684 bits per heavy atom. The van der Waals surface area contributed by atoms with E-state index in [4.69, 9.17) is 27.8 Å². The fraction of sp³-hybridized carbons (Fsp3) is 1.00. The van der Waals surface area contributed by atoms with E-state index in [2.05, 4.69) is 0 Å². The molecule has 19 nitrogen and oxygen atoms in total. The molecule has 0 radical (unpaired) electrons. The molecule has 0 spiro atoms. The fourth-order valence-corrected chi connectivity index (χ4v) is 5.36. The minimum absolute atomic E-state index is 0.920. The van der Waals surface area contributed by atoms with Crippen molar-refractivity contribution in [3.05, 3.63) is 0 Å². The van der Waals surface area contributed by atoms with Gasteiger partial charge in [0, 0.05) is 0 Å². The summed E-state index contributed by atoms with van der Waals surface area (Å²) < 4.78 is 44.2. The standard InChI is InChI=1S/C18H33O19P/c19-1-4-7(22)10(25)13(28)16(32-4)35-38(31,36-17-14(29)11(26)8(23)5(2-20)33-17)37-18-15(30)12(27)9(24)6(3-21)34-18/h4-30H,1-3H2/t4-,5-,6-,7-,8-,9-,10+,11+,12+,13-,14-,15-,16-,17-,18-/m1/s1. The second kappa shape index (κ2) is 13.0. The summed E-state index contributed by atoms with van der Waals surface area (Å²) in [6.45, 7) is -2.76. The highest BCUT2D eigenvalue weighted by Gasteiger charge is 2.54. The van der Waals surface area contributed by atoms with E-state index in [0.717, 1.165) is 0 Å². The SMILES string of the molecule is O=P(O[C@H]1O[C@H](CO)[C@@H](O)[C@H](O)[C@H]1O)(O[C@H]1O[C@H](CO)[C@@H](O)[C@H](O)[C@H]1O)O[C@H]1O[C@H](CO)[C@@H](O)[C@H](O)[C@H]1O. The zero-order valence-corrected chi connectivity index (χ0v) is 20.3. The van der Waals surface area contributed by atoms with Crippen LogP contribution in [-0.2, 0) is 32.3 Å². The number of phosphoric acid groups is 1. The van der Waals surface area contributed by atoms with Crippen molar-refractivity contribution in [3.8, 4) is 0 Å². The van der Waals surface area contributed by atoms with Gasteiger partial charge in [-0.05, 0) is 0 Å². The molecule has 0 aromatic carbocycles. The van der Waals surface area contributed by atoms with E-state index in [-0.39, 0.29) is 0 Å². The summed E-state index contributed by atoms with van der Waals surface area (Å²) in [6, 6.07) is 0. The highest BCUT2D eigenvalue weighted by Crippen LogP contribution is 2.56. The summed E-state index contributed by atoms with van der Waals surface area (Å²) in [5, 5.41) is 119. The van der Waals surface area contributed by atoms with Gasteiger partial charge in [0.2, 0.25) is 0 Å². The number of aliphatic hydroxyl groups excluding tert-OH is 12. The number of hydrogen-bond donors (Lipinski definition) is 12. The Labute approximate surface area is 214 Å². The smallest absolute Gasteiger partial charge is 0.394 e. The summed E-state index contributed by atoms with van der Waals surface area (Å²) in [4.78, 5) is 0. The molecule has 3 fully saturated rings. The Bertz CT molecular complexity index is 700. The summed E-state index contributed by atoms with van der Waals surface area (Å²) in [5.41, 5.74) is 0. The molecule has 15 atom stereocenters. The molecule has 3 aliphatic rings. The van der Waals surface area contributed by atoms with Crippen LogP contribution in [0.25, 0.3) is 0 Å². The van der Waals surface area contributed by atoms with Gasteiger partial charge in [-0.25, -0.2) is 4.57 Å². The quantitative estimate of drug-likeness (QED) is 0.112. The first kappa shape index (κ1) is 32.0. The van der Waals surface area contributed by atoms with Crippen LogP contribution in [0.2, 0.25) is 0 Å². The van der Waals surface area contributed by atoms with Crippen molar-refractivity contribution in [1.29, 1.82) is 0 Å². The molecule has 224 valence electrons. The third-order valence-corrected chi connectivity index (χ3v) is 7.64. The third-order valence-electron chi connectivity index (χ3n) is 6.24. The van der Waals surface area contributed by atoms with Crippen LogP contribution in [0, 0.1) is 0 Å². The van der Waals surface area contributed by atoms with Crippen molar-refractivity contribution >= 4 is 7.82 Å². The number of aliphatic hydroxyl groups is 12. The maximum Gasteiger partial charge on any atom is 0.482 e. The molecule has 3 heterocycles. The first-order valence-corrected chi connectivity index (χ1v) is 12.8. The highest BCUT2D eigenvalue weighted by molar-refractivity contribution is 7.48. The minimum Gasteiger partial charge on any atom is -0.394 e. The second-order valence-electron chi connectivity index (χ2n) is 8.86. The molecule has 0 aromatic rings. The average Bonchev–Trinajstić information content (AvgIpc) is 2.89. The summed E-state index contributed by atoms with van der Waals surface area (Å²) in [6.07, 6.45) is -29.5. The van der Waals surface area contributed by atoms with Gasteiger partial charge in [-0.15, -0.1) is 0 Å². The van der Waals surface area contributed by atoms with Crippen LogP contribution in [0.3, 0.4) is 0 Å². The lowest BCUT2D eigenvalue weighted by Gasteiger charge is -2.44. The molecule has 0 bridgehead atoms. The Hall–Kier alpha value is -0.490. The second-order valence-corrected chi connectivity index (χ2v) is 10.4. The van der Waals surface area contributed by atoms with E-state index < -0.39 is 120 Å². The monoisotopic (exact) mass is 584 g/mol. The molecule has 20 heteroatoms. The van der Waals surface area contributed by atoms with E-state index in [1.807, 2.05) is 0 Å². The Morgan fingerprint density at radius 3 is 0.895 bits per heavy atom. The van der Waals surface area contributed by atoms with Crippen LogP contribution in [0.4, 0.5) is 0 Å². The van der Waals surface area contributed by atoms with Gasteiger partial charge in [-0.3, -0.25) is 13.6 Å². The van der Waals surface area contributed by atoms with Crippen molar-refractivity contribution in [2.45, 2.75) is 92.1 Å². The minimum atomic E-state index is -5.46. The van der Waals surface area contributed by atoms with Gasteiger partial charge in [0.05, 0.1) is 19.8 Å². The predicted octanol–water partition coefficient (Wildman–Crippen LogP) is -7.46. The summed E-state index contributed by atoms with van der Waals surface area (Å²) >= 11 is 0. The van der Waals surface area contributed by atoms with Crippen LogP contribution in [0.5, 0.6) is 0 Å². The molecule has 0 amide bonds. The van der Waals surface area contributed by atoms with Crippen LogP contribution in [-0.4, -0.2) is 173 Å². The Kier molecular flexibility index (Phi) is 11.0. The molecule has 0 unspecified atom stereocenters. The van der Waals surface area contributed by atoms with E-state index in [0.29, 0.717) is 0 Å². The first-order valence-electron chi connectivity index (χ1n) is 11.3. The number of phosphoric ester groups is 1. The fourth-order valence-electron chi connectivity index (χ4n) is 3.92. The van der Waals surface area contributed by atoms with Crippen LogP contribution in [0.15, 0.2) is 0 Å². The van der Waals surface area contributed by atoms with Crippen molar-refractivity contribution < 1.29 is 93.6 Å². The molecule has 3 saturated heterocycles. The van der Waals surface area contributed by atoms with Gasteiger partial charge in [-0.1, -0.05) is 0 Å². The van der Waals surface area contributed by atoms with Crippen LogP contribution >= 0.6 is 7.82 Å². The lowest BCUT2D eigenvalue weighted by Crippen LogP contribution is -2.60. The van der Waals surface area contributed by atoms with Crippen molar-refractivity contribution in [2.24, 2.45) is 0 Å². The maximum absolute atomic E-state index is 13.7. The topological polar surface area (TPSA) is 315 Å². The molecule has 38 heavy (non-hydrogen) atoms. The maximum atomic E-state index is 13.7. The van der Waals surface area contributed by atoms with Crippen molar-refractivity contribution in [1.82, 2.24) is 0 Å². The number of ether oxygens (including phenoxy) is 3. The predicted molar refractivity (Wildman–Crippen MR) is 112 cm³/mol. The van der Waals surface area contributed by atoms with E-state index in [9.17, 15) is 65.8 Å². The van der Waals surface area contributed by atoms with Gasteiger partial charge < -0.3 is 75.5 Å². The van der Waals surface area contributed by atoms with Crippen LogP contribution in [0.1, 0.15) is 0 Å². The molecule has 0 aromatic heterocycles. The first-order chi connectivity index (χ1) is 17.8. The van der Waals surface area contributed by atoms with E-state index >= 15 is 0 Å². The van der Waals surface area contributed by atoms with Gasteiger partial charge in [0.25, 0.3) is 0 Å². The van der Waals surface area contributed by atoms with Gasteiger partial charge in [0.1, 0.15) is 73.2 Å². The molecular weight excluding hydrogens is 551 g/mol. The zero-order valence-electron chi connectivity index (χ0n) is 19.5. The van der Waals surface area contributed by atoms with Gasteiger partial charge >= 0.3 is 7.82 Å². The Morgan fingerprint density at radius 1 is 0.447 bits per heavy atom. The number of hydrogen-bond acceptors (Lipinski definition) is 19. The lowest BCUT2D eigenvalue weighted by molar-refractivity contribution is -0.311. The Balaban J connectivity index is 1.91. The largest absolute Gasteiger partial charge is 0.482 e. The average molecular weight is 584 g/mol. The lowest BCUT2D eigenvalue weighted by atomic mass is 9.99. The van der Waals surface area contributed by atoms with E-state index in [1.54, 1.807) is 0 Å². The van der Waals surface area contributed by atoms with E-state index in [1.165, 1.54) is 0 Å². The molecular formula is C18H33O19P. The van der Waals surface area contributed by atoms with Crippen molar-refractivity contribution in [3.63, 3.8) is 0 Å². The van der Waals surface area contributed by atoms with Crippen LogP contribution < -0.4 is 0 Å². The summed E-state index contributed by atoms with van der Waals surface area (Å²) in [5.74, 6) is 0. The van der Waals surface area contributed by atoms with Crippen molar-refractivity contribution in [2.75, 3.05) is 19.8 Å². The van der Waals surface area contributed by atoms with Gasteiger partial charge in [0.15, 0.2) is 18.9 Å².